The normalized spacial score (nSPS) is 12.4. The van der Waals surface area contributed by atoms with Gasteiger partial charge < -0.3 is 10.2 Å². The van der Waals surface area contributed by atoms with Crippen molar-refractivity contribution in [2.75, 3.05) is 0 Å². The molecule has 0 spiro atoms. The number of benzene rings is 1. The third-order valence-electron chi connectivity index (χ3n) is 2.41. The molecular weight excluding hydrogens is 180 g/mol. The Balaban J connectivity index is 3.22. The summed E-state index contributed by atoms with van der Waals surface area (Å²) in [7, 11) is 0. The maximum absolute atomic E-state index is 10.9. The Morgan fingerprint density at radius 1 is 1.50 bits per heavy atom. The van der Waals surface area contributed by atoms with Crippen LogP contribution in [0.15, 0.2) is 18.2 Å². The van der Waals surface area contributed by atoms with Crippen molar-refractivity contribution in [3.05, 3.63) is 29.3 Å². The van der Waals surface area contributed by atoms with Crippen LogP contribution in [0.3, 0.4) is 0 Å². The van der Waals surface area contributed by atoms with Crippen LogP contribution < -0.4 is 0 Å². The molecule has 76 valence electrons. The zero-order chi connectivity index (χ0) is 10.7. The average Bonchev–Trinajstić information content (AvgIpc) is 2.16. The fraction of sp³-hybridized carbons (Fsp3) is 0.364. The minimum absolute atomic E-state index is 0.116. The zero-order valence-electron chi connectivity index (χ0n) is 8.32. The van der Waals surface area contributed by atoms with Crippen LogP contribution in [0, 0.1) is 0 Å². The number of phenols is 1. The fourth-order valence-electron chi connectivity index (χ4n) is 1.37. The van der Waals surface area contributed by atoms with Crippen molar-refractivity contribution in [3.63, 3.8) is 0 Å². The summed E-state index contributed by atoms with van der Waals surface area (Å²) in [4.78, 5) is 10.9. The number of carboxylic acid groups (broad SMARTS) is 1. The second kappa shape index (κ2) is 4.13. The molecule has 0 amide bonds. The van der Waals surface area contributed by atoms with E-state index in [1.54, 1.807) is 0 Å². The monoisotopic (exact) mass is 194 g/mol. The van der Waals surface area contributed by atoms with Gasteiger partial charge in [0.1, 0.15) is 5.75 Å². The Hall–Kier alpha value is -1.51. The summed E-state index contributed by atoms with van der Waals surface area (Å²) in [6.07, 6.45) is 0.851. The Kier molecular flexibility index (Phi) is 3.12. The number of aromatic hydroxyl groups is 1. The average molecular weight is 194 g/mol. The van der Waals surface area contributed by atoms with Crippen LogP contribution in [0.1, 0.15) is 42.1 Å². The van der Waals surface area contributed by atoms with Gasteiger partial charge in [0.2, 0.25) is 0 Å². The Morgan fingerprint density at radius 3 is 2.64 bits per heavy atom. The van der Waals surface area contributed by atoms with Gasteiger partial charge in [-0.05, 0) is 36.1 Å². The summed E-state index contributed by atoms with van der Waals surface area (Å²) in [6.45, 7) is 3.93. The van der Waals surface area contributed by atoms with E-state index >= 15 is 0 Å². The number of hydrogen-bond acceptors (Lipinski definition) is 2. The molecule has 1 atom stereocenters. The summed E-state index contributed by atoms with van der Waals surface area (Å²) >= 11 is 0. The number of phenolic OH excluding ortho intramolecular Hbond substituents is 1. The maximum atomic E-state index is 10.9. The number of carbonyl (C=O) groups is 1. The molecule has 0 saturated heterocycles. The predicted molar refractivity (Wildman–Crippen MR) is 53.8 cm³/mol. The van der Waals surface area contributed by atoms with Gasteiger partial charge in [0.05, 0.1) is 5.56 Å². The van der Waals surface area contributed by atoms with Crippen LogP contribution in [-0.2, 0) is 0 Å². The van der Waals surface area contributed by atoms with E-state index in [-0.39, 0.29) is 17.2 Å². The molecule has 3 heteroatoms. The highest BCUT2D eigenvalue weighted by atomic mass is 16.4. The third-order valence-corrected chi connectivity index (χ3v) is 2.41. The van der Waals surface area contributed by atoms with Crippen molar-refractivity contribution in [1.82, 2.24) is 0 Å². The lowest BCUT2D eigenvalue weighted by atomic mass is 9.93. The topological polar surface area (TPSA) is 57.5 Å². The van der Waals surface area contributed by atoms with E-state index in [2.05, 4.69) is 0 Å². The molecular formula is C11H14O3. The maximum Gasteiger partial charge on any atom is 0.335 e. The van der Waals surface area contributed by atoms with E-state index in [0.29, 0.717) is 5.56 Å². The molecule has 0 radical (unpaired) electrons. The van der Waals surface area contributed by atoms with Gasteiger partial charge >= 0.3 is 5.97 Å². The standard InChI is InChI=1S/C11H14O3/c1-3-7(2)10-6-8(12)4-5-9(10)11(13)14/h4-7,12H,3H2,1-2H3,(H,13,14). The highest BCUT2D eigenvalue weighted by Gasteiger charge is 2.14. The summed E-state index contributed by atoms with van der Waals surface area (Å²) in [6, 6.07) is 4.37. The zero-order valence-corrected chi connectivity index (χ0v) is 8.32. The molecule has 1 unspecified atom stereocenters. The third kappa shape index (κ3) is 2.05. The summed E-state index contributed by atoms with van der Waals surface area (Å²) in [5.41, 5.74) is 0.970. The first-order chi connectivity index (χ1) is 6.56. The van der Waals surface area contributed by atoms with E-state index in [0.717, 1.165) is 6.42 Å². The van der Waals surface area contributed by atoms with Gasteiger partial charge in [-0.15, -0.1) is 0 Å². The van der Waals surface area contributed by atoms with Crippen molar-refractivity contribution < 1.29 is 15.0 Å². The van der Waals surface area contributed by atoms with Gasteiger partial charge in [0.25, 0.3) is 0 Å². The van der Waals surface area contributed by atoms with Crippen molar-refractivity contribution in [2.45, 2.75) is 26.2 Å². The van der Waals surface area contributed by atoms with E-state index in [1.807, 2.05) is 13.8 Å². The molecule has 0 aliphatic rings. The summed E-state index contributed by atoms with van der Waals surface area (Å²) in [5.74, 6) is -0.682. The molecule has 3 nitrogen and oxygen atoms in total. The highest BCUT2D eigenvalue weighted by molar-refractivity contribution is 5.89. The number of carboxylic acids is 1. The van der Waals surface area contributed by atoms with Crippen LogP contribution in [0.5, 0.6) is 5.75 Å². The molecule has 0 fully saturated rings. The number of aromatic carboxylic acids is 1. The number of rotatable bonds is 3. The number of hydrogen-bond donors (Lipinski definition) is 2. The lowest BCUT2D eigenvalue weighted by molar-refractivity contribution is 0.0695. The molecule has 0 saturated carbocycles. The minimum Gasteiger partial charge on any atom is -0.508 e. The van der Waals surface area contributed by atoms with Crippen molar-refractivity contribution in [1.29, 1.82) is 0 Å². The molecule has 1 aromatic rings. The van der Waals surface area contributed by atoms with Gasteiger partial charge in [-0.2, -0.15) is 0 Å². The molecule has 0 heterocycles. The first-order valence-corrected chi connectivity index (χ1v) is 4.62. The van der Waals surface area contributed by atoms with Gasteiger partial charge in [-0.3, -0.25) is 0 Å². The highest BCUT2D eigenvalue weighted by Crippen LogP contribution is 2.26. The van der Waals surface area contributed by atoms with Crippen molar-refractivity contribution >= 4 is 5.97 Å². The van der Waals surface area contributed by atoms with Crippen LogP contribution in [-0.4, -0.2) is 16.2 Å². The summed E-state index contributed by atoms with van der Waals surface area (Å²) < 4.78 is 0. The van der Waals surface area contributed by atoms with Crippen LogP contribution >= 0.6 is 0 Å². The van der Waals surface area contributed by atoms with Crippen LogP contribution in [0.2, 0.25) is 0 Å². The first kappa shape index (κ1) is 10.6. The quantitative estimate of drug-likeness (QED) is 0.777. The van der Waals surface area contributed by atoms with Gasteiger partial charge in [-0.1, -0.05) is 13.8 Å². The van der Waals surface area contributed by atoms with Crippen LogP contribution in [0.4, 0.5) is 0 Å². The van der Waals surface area contributed by atoms with E-state index in [9.17, 15) is 9.90 Å². The second-order valence-corrected chi connectivity index (χ2v) is 3.39. The summed E-state index contributed by atoms with van der Waals surface area (Å²) in [5, 5.41) is 18.2. The van der Waals surface area contributed by atoms with Gasteiger partial charge in [0.15, 0.2) is 0 Å². The largest absolute Gasteiger partial charge is 0.508 e. The molecule has 1 aromatic carbocycles. The van der Waals surface area contributed by atoms with Crippen molar-refractivity contribution in [3.8, 4) is 5.75 Å². The molecule has 14 heavy (non-hydrogen) atoms. The van der Waals surface area contributed by atoms with E-state index < -0.39 is 5.97 Å². The Labute approximate surface area is 83.0 Å². The first-order valence-electron chi connectivity index (χ1n) is 4.62. The van der Waals surface area contributed by atoms with Gasteiger partial charge in [0, 0.05) is 0 Å². The molecule has 0 bridgehead atoms. The van der Waals surface area contributed by atoms with Crippen LogP contribution in [0.25, 0.3) is 0 Å². The SMILES string of the molecule is CCC(C)c1cc(O)ccc1C(=O)O. The molecule has 0 aromatic heterocycles. The Bertz CT molecular complexity index is 344. The van der Waals surface area contributed by atoms with Gasteiger partial charge in [-0.25, -0.2) is 4.79 Å². The fourth-order valence-corrected chi connectivity index (χ4v) is 1.37. The second-order valence-electron chi connectivity index (χ2n) is 3.39. The van der Waals surface area contributed by atoms with E-state index in [4.69, 9.17) is 5.11 Å². The Morgan fingerprint density at radius 2 is 2.14 bits per heavy atom. The molecule has 2 N–H and O–H groups in total. The predicted octanol–water partition coefficient (Wildman–Crippen LogP) is 2.60. The minimum atomic E-state index is -0.944. The lowest BCUT2D eigenvalue weighted by Gasteiger charge is -2.12. The molecule has 0 aliphatic carbocycles. The molecule has 0 aliphatic heterocycles. The molecule has 1 rings (SSSR count). The van der Waals surface area contributed by atoms with Crippen molar-refractivity contribution in [2.24, 2.45) is 0 Å². The smallest absolute Gasteiger partial charge is 0.335 e. The van der Waals surface area contributed by atoms with E-state index in [1.165, 1.54) is 18.2 Å². The lowest BCUT2D eigenvalue weighted by Crippen LogP contribution is -2.04.